The van der Waals surface area contributed by atoms with Gasteiger partial charge in [0.05, 0.1) is 0 Å². The second-order valence-electron chi connectivity index (χ2n) is 5.33. The third-order valence-electron chi connectivity index (χ3n) is 3.24. The minimum atomic E-state index is -0.681. The Labute approximate surface area is 130 Å². The molecule has 0 spiro atoms. The van der Waals surface area contributed by atoms with Crippen LogP contribution in [0.15, 0.2) is 18.2 Å². The van der Waals surface area contributed by atoms with Gasteiger partial charge in [-0.2, -0.15) is 0 Å². The van der Waals surface area contributed by atoms with Gasteiger partial charge in [-0.05, 0) is 30.4 Å². The minimum Gasteiger partial charge on any atom is -0.359 e. The Morgan fingerprint density at radius 1 is 1.18 bits per heavy atom. The summed E-state index contributed by atoms with van der Waals surface area (Å²) in [7, 11) is 0. The van der Waals surface area contributed by atoms with E-state index in [-0.39, 0.29) is 5.92 Å². The van der Waals surface area contributed by atoms with Gasteiger partial charge in [0.1, 0.15) is 0 Å². The standard InChI is InChI=1S/C16H23N3O3/c1-11(2)13-7-4-6-12(3)14(13)19-16(22)15(21)18-9-5-8-17-10-20/h4,6-7,10-11H,5,8-9H2,1-3H3,(H,17,20)(H,18,21)(H,19,22). The molecule has 1 rings (SSSR count). The summed E-state index contributed by atoms with van der Waals surface area (Å²) >= 11 is 0. The zero-order valence-corrected chi connectivity index (χ0v) is 13.2. The third kappa shape index (κ3) is 5.20. The highest BCUT2D eigenvalue weighted by Gasteiger charge is 2.17. The number of rotatable bonds is 7. The first-order valence-corrected chi connectivity index (χ1v) is 7.33. The van der Waals surface area contributed by atoms with Crippen molar-refractivity contribution < 1.29 is 14.4 Å². The van der Waals surface area contributed by atoms with Crippen LogP contribution in [0.2, 0.25) is 0 Å². The van der Waals surface area contributed by atoms with Crippen molar-refractivity contribution >= 4 is 23.9 Å². The molecule has 0 bridgehead atoms. The maximum Gasteiger partial charge on any atom is 0.313 e. The molecule has 6 nitrogen and oxygen atoms in total. The molecule has 0 heterocycles. The molecule has 0 unspecified atom stereocenters. The molecule has 0 saturated carbocycles. The molecule has 6 heteroatoms. The monoisotopic (exact) mass is 305 g/mol. The first-order chi connectivity index (χ1) is 10.5. The smallest absolute Gasteiger partial charge is 0.313 e. The van der Waals surface area contributed by atoms with Crippen molar-refractivity contribution in [2.75, 3.05) is 18.4 Å². The molecule has 0 radical (unpaired) electrons. The fraction of sp³-hybridized carbons (Fsp3) is 0.438. The number of anilines is 1. The summed E-state index contributed by atoms with van der Waals surface area (Å²) < 4.78 is 0. The first kappa shape index (κ1) is 17.7. The highest BCUT2D eigenvalue weighted by atomic mass is 16.2. The highest BCUT2D eigenvalue weighted by Crippen LogP contribution is 2.27. The van der Waals surface area contributed by atoms with Gasteiger partial charge in [-0.15, -0.1) is 0 Å². The van der Waals surface area contributed by atoms with Gasteiger partial charge in [0, 0.05) is 18.8 Å². The van der Waals surface area contributed by atoms with Crippen LogP contribution in [0.4, 0.5) is 5.69 Å². The van der Waals surface area contributed by atoms with E-state index >= 15 is 0 Å². The van der Waals surface area contributed by atoms with Crippen LogP contribution in [0.3, 0.4) is 0 Å². The number of nitrogens with one attached hydrogen (secondary N) is 3. The van der Waals surface area contributed by atoms with E-state index in [1.807, 2.05) is 39.0 Å². The fourth-order valence-corrected chi connectivity index (χ4v) is 2.04. The van der Waals surface area contributed by atoms with Crippen LogP contribution in [0.25, 0.3) is 0 Å². The maximum atomic E-state index is 12.0. The maximum absolute atomic E-state index is 12.0. The van der Waals surface area contributed by atoms with Crippen LogP contribution in [0.1, 0.15) is 37.3 Å². The predicted molar refractivity (Wildman–Crippen MR) is 85.6 cm³/mol. The number of carbonyl (C=O) groups is 3. The van der Waals surface area contributed by atoms with Crippen molar-refractivity contribution in [3.63, 3.8) is 0 Å². The molecule has 0 atom stereocenters. The number of hydrogen-bond acceptors (Lipinski definition) is 3. The number of aryl methyl sites for hydroxylation is 1. The number of amides is 3. The Balaban J connectivity index is 2.61. The summed E-state index contributed by atoms with van der Waals surface area (Å²) in [6.07, 6.45) is 1.17. The van der Waals surface area contributed by atoms with Crippen molar-refractivity contribution in [1.29, 1.82) is 0 Å². The Kier molecular flexibility index (Phi) is 7.08. The zero-order valence-electron chi connectivity index (χ0n) is 13.2. The molecule has 120 valence electrons. The Bertz CT molecular complexity index is 541. The van der Waals surface area contributed by atoms with Crippen LogP contribution in [0, 0.1) is 6.92 Å². The lowest BCUT2D eigenvalue weighted by atomic mass is 9.98. The van der Waals surface area contributed by atoms with E-state index in [4.69, 9.17) is 0 Å². The summed E-state index contributed by atoms with van der Waals surface area (Å²) in [5.41, 5.74) is 2.61. The average molecular weight is 305 g/mol. The van der Waals surface area contributed by atoms with Gasteiger partial charge in [-0.1, -0.05) is 32.0 Å². The lowest BCUT2D eigenvalue weighted by Crippen LogP contribution is -2.37. The van der Waals surface area contributed by atoms with E-state index in [0.717, 1.165) is 11.1 Å². The molecule has 1 aromatic rings. The topological polar surface area (TPSA) is 87.3 Å². The lowest BCUT2D eigenvalue weighted by molar-refractivity contribution is -0.136. The van der Waals surface area contributed by atoms with Crippen molar-refractivity contribution in [3.05, 3.63) is 29.3 Å². The van der Waals surface area contributed by atoms with Gasteiger partial charge in [0.15, 0.2) is 0 Å². The molecule has 0 aliphatic heterocycles. The molecule has 1 aromatic carbocycles. The van der Waals surface area contributed by atoms with E-state index in [1.54, 1.807) is 0 Å². The molecule has 0 fully saturated rings. The molecule has 3 amide bonds. The molecule has 0 saturated heterocycles. The van der Waals surface area contributed by atoms with Crippen LogP contribution in [-0.4, -0.2) is 31.3 Å². The normalized spacial score (nSPS) is 10.2. The van der Waals surface area contributed by atoms with E-state index < -0.39 is 11.8 Å². The third-order valence-corrected chi connectivity index (χ3v) is 3.24. The van der Waals surface area contributed by atoms with Crippen LogP contribution >= 0.6 is 0 Å². The summed E-state index contributed by atoms with van der Waals surface area (Å²) in [5.74, 6) is -1.11. The Hall–Kier alpha value is -2.37. The minimum absolute atomic E-state index is 0.243. The Morgan fingerprint density at radius 3 is 2.55 bits per heavy atom. The van der Waals surface area contributed by atoms with Crippen LogP contribution < -0.4 is 16.0 Å². The molecule has 0 aromatic heterocycles. The zero-order chi connectivity index (χ0) is 16.5. The first-order valence-electron chi connectivity index (χ1n) is 7.33. The van der Waals surface area contributed by atoms with Gasteiger partial charge < -0.3 is 16.0 Å². The second kappa shape index (κ2) is 8.81. The number of hydrogen-bond donors (Lipinski definition) is 3. The molecular formula is C16H23N3O3. The fourth-order valence-electron chi connectivity index (χ4n) is 2.04. The van der Waals surface area contributed by atoms with E-state index in [9.17, 15) is 14.4 Å². The van der Waals surface area contributed by atoms with Crippen molar-refractivity contribution in [1.82, 2.24) is 10.6 Å². The molecule has 3 N–H and O–H groups in total. The quantitative estimate of drug-likeness (QED) is 0.403. The van der Waals surface area contributed by atoms with Crippen molar-refractivity contribution in [3.8, 4) is 0 Å². The summed E-state index contributed by atoms with van der Waals surface area (Å²) in [6, 6.07) is 5.77. The van der Waals surface area contributed by atoms with E-state index in [0.29, 0.717) is 31.6 Å². The Morgan fingerprint density at radius 2 is 1.91 bits per heavy atom. The van der Waals surface area contributed by atoms with Crippen molar-refractivity contribution in [2.24, 2.45) is 0 Å². The van der Waals surface area contributed by atoms with Gasteiger partial charge >= 0.3 is 11.8 Å². The number of carbonyl (C=O) groups excluding carboxylic acids is 3. The van der Waals surface area contributed by atoms with Gasteiger partial charge in [0.2, 0.25) is 6.41 Å². The molecule has 0 aliphatic rings. The predicted octanol–water partition coefficient (Wildman–Crippen LogP) is 1.31. The van der Waals surface area contributed by atoms with E-state index in [1.165, 1.54) is 0 Å². The SMILES string of the molecule is Cc1cccc(C(C)C)c1NC(=O)C(=O)NCCCNC=O. The second-order valence-corrected chi connectivity index (χ2v) is 5.33. The van der Waals surface area contributed by atoms with Crippen LogP contribution in [-0.2, 0) is 14.4 Å². The number of benzene rings is 1. The summed E-state index contributed by atoms with van der Waals surface area (Å²) in [4.78, 5) is 33.8. The summed E-state index contributed by atoms with van der Waals surface area (Å²) in [5, 5.41) is 7.70. The van der Waals surface area contributed by atoms with Crippen molar-refractivity contribution in [2.45, 2.75) is 33.1 Å². The van der Waals surface area contributed by atoms with Gasteiger partial charge in [0.25, 0.3) is 0 Å². The highest BCUT2D eigenvalue weighted by molar-refractivity contribution is 6.39. The molecular weight excluding hydrogens is 282 g/mol. The van der Waals surface area contributed by atoms with Gasteiger partial charge in [-0.25, -0.2) is 0 Å². The summed E-state index contributed by atoms with van der Waals surface area (Å²) in [6.45, 7) is 6.75. The molecule has 22 heavy (non-hydrogen) atoms. The average Bonchev–Trinajstić information content (AvgIpc) is 2.48. The van der Waals surface area contributed by atoms with E-state index in [2.05, 4.69) is 16.0 Å². The lowest BCUT2D eigenvalue weighted by Gasteiger charge is -2.16. The van der Waals surface area contributed by atoms with Crippen LogP contribution in [0.5, 0.6) is 0 Å². The largest absolute Gasteiger partial charge is 0.359 e. The number of para-hydroxylation sites is 1. The molecule has 0 aliphatic carbocycles. The van der Waals surface area contributed by atoms with Gasteiger partial charge in [-0.3, -0.25) is 14.4 Å².